The lowest BCUT2D eigenvalue weighted by Gasteiger charge is -2.27. The Morgan fingerprint density at radius 1 is 0.926 bits per heavy atom. The Morgan fingerprint density at radius 2 is 1.59 bits per heavy atom. The summed E-state index contributed by atoms with van der Waals surface area (Å²) in [6.07, 6.45) is 0. The third-order valence-electron chi connectivity index (χ3n) is 4.69. The summed E-state index contributed by atoms with van der Waals surface area (Å²) in [5, 5.41) is 12.7. The third-order valence-corrected chi connectivity index (χ3v) is 4.69. The van der Waals surface area contributed by atoms with Gasteiger partial charge in [0, 0.05) is 12.1 Å². The van der Waals surface area contributed by atoms with Gasteiger partial charge >= 0.3 is 0 Å². The van der Waals surface area contributed by atoms with E-state index >= 15 is 0 Å². The number of nitrogens with zero attached hydrogens (tertiary/aromatic N) is 1. The smallest absolute Gasteiger partial charge is 0.255 e. The fraction of sp³-hybridized carbons (Fsp3) is 0.0909. The molecule has 134 valence electrons. The molecule has 0 bridgehead atoms. The molecule has 2 amide bonds. The van der Waals surface area contributed by atoms with Gasteiger partial charge in [-0.25, -0.2) is 0 Å². The van der Waals surface area contributed by atoms with E-state index in [9.17, 15) is 14.7 Å². The normalized spacial score (nSPS) is 13.9. The van der Waals surface area contributed by atoms with Gasteiger partial charge in [-0.3, -0.25) is 9.59 Å². The summed E-state index contributed by atoms with van der Waals surface area (Å²) in [5.41, 5.74) is 2.55. The van der Waals surface area contributed by atoms with Crippen molar-refractivity contribution in [1.29, 1.82) is 0 Å². The highest BCUT2D eigenvalue weighted by molar-refractivity contribution is 6.04. The minimum Gasteiger partial charge on any atom is -0.506 e. The number of amides is 2. The number of carbonyl (C=O) groups is 2. The summed E-state index contributed by atoms with van der Waals surface area (Å²) in [5.74, 6) is -0.565. The van der Waals surface area contributed by atoms with Gasteiger partial charge in [0.05, 0.1) is 5.69 Å². The zero-order valence-electron chi connectivity index (χ0n) is 14.5. The zero-order chi connectivity index (χ0) is 18.8. The number of anilines is 1. The van der Waals surface area contributed by atoms with Crippen molar-refractivity contribution in [2.75, 3.05) is 5.32 Å². The first-order valence-corrected chi connectivity index (χ1v) is 8.68. The average molecular weight is 358 g/mol. The highest BCUT2D eigenvalue weighted by Crippen LogP contribution is 2.33. The van der Waals surface area contributed by atoms with Gasteiger partial charge in [-0.1, -0.05) is 60.7 Å². The van der Waals surface area contributed by atoms with Gasteiger partial charge in [-0.2, -0.15) is 0 Å². The topological polar surface area (TPSA) is 69.6 Å². The van der Waals surface area contributed by atoms with Crippen molar-refractivity contribution >= 4 is 17.5 Å². The zero-order valence-corrected chi connectivity index (χ0v) is 14.5. The van der Waals surface area contributed by atoms with Crippen LogP contribution in [0.2, 0.25) is 0 Å². The van der Waals surface area contributed by atoms with Crippen molar-refractivity contribution in [1.82, 2.24) is 4.90 Å². The maximum atomic E-state index is 13.1. The largest absolute Gasteiger partial charge is 0.506 e. The summed E-state index contributed by atoms with van der Waals surface area (Å²) in [4.78, 5) is 27.6. The van der Waals surface area contributed by atoms with Crippen LogP contribution in [-0.2, 0) is 11.3 Å². The first-order chi connectivity index (χ1) is 13.1. The van der Waals surface area contributed by atoms with Crippen LogP contribution in [0.4, 0.5) is 5.69 Å². The van der Waals surface area contributed by atoms with Crippen LogP contribution in [0.3, 0.4) is 0 Å². The first-order valence-electron chi connectivity index (χ1n) is 8.68. The second-order valence-electron chi connectivity index (χ2n) is 6.41. The summed E-state index contributed by atoms with van der Waals surface area (Å²) < 4.78 is 0. The summed E-state index contributed by atoms with van der Waals surface area (Å²) in [6.45, 7) is 0.364. The number of hydrogen-bond donors (Lipinski definition) is 2. The second-order valence-corrected chi connectivity index (χ2v) is 6.41. The van der Waals surface area contributed by atoms with E-state index in [4.69, 9.17) is 0 Å². The minimum atomic E-state index is -0.800. The fourth-order valence-corrected chi connectivity index (χ4v) is 3.37. The molecule has 1 aliphatic rings. The van der Waals surface area contributed by atoms with Crippen LogP contribution >= 0.6 is 0 Å². The number of hydrogen-bond acceptors (Lipinski definition) is 3. The van der Waals surface area contributed by atoms with E-state index in [0.717, 1.165) is 5.56 Å². The van der Waals surface area contributed by atoms with Crippen LogP contribution in [0.1, 0.15) is 27.5 Å². The van der Waals surface area contributed by atoms with Gasteiger partial charge in [0.1, 0.15) is 11.8 Å². The Morgan fingerprint density at radius 3 is 2.33 bits per heavy atom. The molecule has 0 aliphatic carbocycles. The van der Waals surface area contributed by atoms with Crippen LogP contribution in [0, 0.1) is 0 Å². The van der Waals surface area contributed by atoms with Crippen molar-refractivity contribution in [2.45, 2.75) is 12.6 Å². The molecule has 0 spiro atoms. The molecule has 0 saturated heterocycles. The predicted octanol–water partition coefficient (Wildman–Crippen LogP) is 3.73. The maximum absolute atomic E-state index is 13.1. The van der Waals surface area contributed by atoms with E-state index < -0.39 is 6.04 Å². The molecule has 0 fully saturated rings. The number of benzene rings is 3. The molecule has 3 aromatic rings. The molecule has 0 saturated carbocycles. The number of rotatable bonds is 4. The van der Waals surface area contributed by atoms with Crippen molar-refractivity contribution in [3.8, 4) is 5.75 Å². The molecule has 0 aromatic heterocycles. The van der Waals surface area contributed by atoms with E-state index in [2.05, 4.69) is 5.32 Å². The average Bonchev–Trinajstić information content (AvgIpc) is 3.01. The highest BCUT2D eigenvalue weighted by atomic mass is 16.3. The van der Waals surface area contributed by atoms with E-state index in [-0.39, 0.29) is 17.6 Å². The van der Waals surface area contributed by atoms with E-state index in [1.165, 1.54) is 6.07 Å². The van der Waals surface area contributed by atoms with Crippen LogP contribution in [0.5, 0.6) is 5.75 Å². The first kappa shape index (κ1) is 16.8. The number of nitrogens with one attached hydrogen (secondary N) is 1. The molecule has 1 atom stereocenters. The van der Waals surface area contributed by atoms with Crippen molar-refractivity contribution in [3.05, 3.63) is 95.6 Å². The van der Waals surface area contributed by atoms with Crippen LogP contribution in [0.15, 0.2) is 78.9 Å². The lowest BCUT2D eigenvalue weighted by atomic mass is 10.0. The number of carbonyl (C=O) groups excluding carboxylic acids is 2. The van der Waals surface area contributed by atoms with Gasteiger partial charge in [0.25, 0.3) is 11.8 Å². The van der Waals surface area contributed by atoms with Gasteiger partial charge in [-0.15, -0.1) is 0 Å². The maximum Gasteiger partial charge on any atom is 0.255 e. The van der Waals surface area contributed by atoms with E-state index in [1.807, 2.05) is 48.5 Å². The summed E-state index contributed by atoms with van der Waals surface area (Å²) in [7, 11) is 0. The number of aromatic hydroxyl groups is 1. The summed E-state index contributed by atoms with van der Waals surface area (Å²) >= 11 is 0. The predicted molar refractivity (Wildman–Crippen MR) is 102 cm³/mol. The molecule has 2 N–H and O–H groups in total. The van der Waals surface area contributed by atoms with Crippen LogP contribution < -0.4 is 5.32 Å². The van der Waals surface area contributed by atoms with Crippen molar-refractivity contribution < 1.29 is 14.7 Å². The van der Waals surface area contributed by atoms with Crippen LogP contribution in [0.25, 0.3) is 0 Å². The van der Waals surface area contributed by atoms with E-state index in [0.29, 0.717) is 23.4 Å². The Bertz CT molecular complexity index is 1000. The number of fused-ring (bicyclic) bond motifs is 1. The molecule has 0 radical (unpaired) electrons. The lowest BCUT2D eigenvalue weighted by molar-refractivity contribution is -0.120. The number of para-hydroxylation sites is 2. The third kappa shape index (κ3) is 3.15. The standard InChI is InChI=1S/C22H18N2O3/c25-19-13-7-6-12-18(19)23-21(26)20(15-8-2-1-3-9-15)24-14-16-10-4-5-11-17(16)22(24)27/h1-13,20,25H,14H2,(H,23,26). The molecule has 27 heavy (non-hydrogen) atoms. The van der Waals surface area contributed by atoms with Crippen molar-refractivity contribution in [3.63, 3.8) is 0 Å². The molecule has 1 unspecified atom stereocenters. The molecular formula is C22H18N2O3. The number of phenolic OH excluding ortho intramolecular Hbond substituents is 1. The van der Waals surface area contributed by atoms with Gasteiger partial charge < -0.3 is 15.3 Å². The van der Waals surface area contributed by atoms with Gasteiger partial charge in [-0.05, 0) is 29.3 Å². The van der Waals surface area contributed by atoms with Gasteiger partial charge in [0.2, 0.25) is 0 Å². The lowest BCUT2D eigenvalue weighted by Crippen LogP contribution is -2.37. The Hall–Kier alpha value is -3.60. The monoisotopic (exact) mass is 358 g/mol. The second kappa shape index (κ2) is 6.96. The number of phenols is 1. The Labute approximate surface area is 156 Å². The van der Waals surface area contributed by atoms with Crippen LogP contribution in [-0.4, -0.2) is 21.8 Å². The molecule has 1 heterocycles. The molecule has 4 rings (SSSR count). The SMILES string of the molecule is O=C(Nc1ccccc1O)C(c1ccccc1)N1Cc2ccccc2C1=O. The van der Waals surface area contributed by atoms with E-state index in [1.54, 1.807) is 29.2 Å². The highest BCUT2D eigenvalue weighted by Gasteiger charge is 2.37. The minimum absolute atomic E-state index is 0.0197. The summed E-state index contributed by atoms with van der Waals surface area (Å²) in [6, 6.07) is 22.3. The molecule has 1 aliphatic heterocycles. The molecule has 5 heteroatoms. The fourth-order valence-electron chi connectivity index (χ4n) is 3.37. The quantitative estimate of drug-likeness (QED) is 0.698. The Kier molecular flexibility index (Phi) is 4.34. The molecule has 3 aromatic carbocycles. The van der Waals surface area contributed by atoms with Gasteiger partial charge in [0.15, 0.2) is 0 Å². The van der Waals surface area contributed by atoms with Crippen molar-refractivity contribution in [2.24, 2.45) is 0 Å². The molecular weight excluding hydrogens is 340 g/mol. The Balaban J connectivity index is 1.70. The molecule has 5 nitrogen and oxygen atoms in total.